The van der Waals surface area contributed by atoms with Crippen LogP contribution in [0.25, 0.3) is 0 Å². The minimum atomic E-state index is -0.618. The highest BCUT2D eigenvalue weighted by Crippen LogP contribution is 2.12. The van der Waals surface area contributed by atoms with Crippen LogP contribution < -0.4 is 16.0 Å². The van der Waals surface area contributed by atoms with E-state index in [1.54, 1.807) is 13.8 Å². The highest BCUT2D eigenvalue weighted by atomic mass is 16.5. The van der Waals surface area contributed by atoms with E-state index in [1.807, 2.05) is 0 Å². The molecule has 1 rings (SSSR count). The van der Waals surface area contributed by atoms with Crippen molar-refractivity contribution in [1.82, 2.24) is 16.0 Å². The number of carbonyl (C=O) groups is 2. The number of piperidine rings is 1. The molecule has 0 aromatic carbocycles. The van der Waals surface area contributed by atoms with Crippen LogP contribution in [0.1, 0.15) is 33.6 Å². The lowest BCUT2D eigenvalue weighted by molar-refractivity contribution is -0.134. The van der Waals surface area contributed by atoms with Crippen LogP contribution in [-0.4, -0.2) is 43.3 Å². The molecule has 0 aromatic heterocycles. The Bertz CT molecular complexity index is 288. The van der Waals surface area contributed by atoms with Gasteiger partial charge in [-0.25, -0.2) is 4.79 Å². The van der Waals surface area contributed by atoms with E-state index >= 15 is 0 Å². The Kier molecular flexibility index (Phi) is 6.07. The summed E-state index contributed by atoms with van der Waals surface area (Å²) in [6.45, 7) is 6.81. The van der Waals surface area contributed by atoms with Gasteiger partial charge in [-0.15, -0.1) is 0 Å². The minimum Gasteiger partial charge on any atom is -0.364 e. The molecule has 0 aliphatic carbocycles. The van der Waals surface area contributed by atoms with Gasteiger partial charge in [-0.2, -0.15) is 0 Å². The van der Waals surface area contributed by atoms with Gasteiger partial charge in [-0.3, -0.25) is 10.1 Å². The Labute approximate surface area is 108 Å². The van der Waals surface area contributed by atoms with Crippen molar-refractivity contribution < 1.29 is 14.3 Å². The molecule has 0 bridgehead atoms. The van der Waals surface area contributed by atoms with Gasteiger partial charge in [-0.05, 0) is 33.6 Å². The van der Waals surface area contributed by atoms with E-state index in [-0.39, 0.29) is 6.10 Å². The zero-order valence-corrected chi connectivity index (χ0v) is 11.3. The van der Waals surface area contributed by atoms with E-state index in [9.17, 15) is 9.59 Å². The monoisotopic (exact) mass is 257 g/mol. The smallest absolute Gasteiger partial charge is 0.321 e. The molecule has 3 atom stereocenters. The molecule has 1 saturated heterocycles. The second-order valence-electron chi connectivity index (χ2n) is 4.64. The molecule has 104 valence electrons. The van der Waals surface area contributed by atoms with Crippen LogP contribution in [-0.2, 0) is 9.53 Å². The van der Waals surface area contributed by atoms with Gasteiger partial charge in [0.25, 0.3) is 5.91 Å². The highest BCUT2D eigenvalue weighted by Gasteiger charge is 2.23. The lowest BCUT2D eigenvalue weighted by Crippen LogP contribution is -2.47. The van der Waals surface area contributed by atoms with Gasteiger partial charge in [0, 0.05) is 19.1 Å². The molecule has 1 fully saturated rings. The second-order valence-corrected chi connectivity index (χ2v) is 4.64. The molecule has 3 unspecified atom stereocenters. The molecule has 6 nitrogen and oxygen atoms in total. The lowest BCUT2D eigenvalue weighted by atomic mass is 10.0. The fourth-order valence-corrected chi connectivity index (χ4v) is 1.86. The van der Waals surface area contributed by atoms with E-state index in [2.05, 4.69) is 22.9 Å². The van der Waals surface area contributed by atoms with Gasteiger partial charge < -0.3 is 15.4 Å². The van der Waals surface area contributed by atoms with Crippen LogP contribution in [0.5, 0.6) is 0 Å². The summed E-state index contributed by atoms with van der Waals surface area (Å²) < 4.78 is 5.63. The molecular formula is C12H23N3O3. The number of rotatable bonds is 4. The van der Waals surface area contributed by atoms with Crippen molar-refractivity contribution in [2.75, 3.05) is 13.1 Å². The van der Waals surface area contributed by atoms with Crippen molar-refractivity contribution in [3.05, 3.63) is 0 Å². The maximum Gasteiger partial charge on any atom is 0.321 e. The zero-order valence-electron chi connectivity index (χ0n) is 11.3. The molecular weight excluding hydrogens is 234 g/mol. The third kappa shape index (κ3) is 5.01. The van der Waals surface area contributed by atoms with Crippen LogP contribution in [0.3, 0.4) is 0 Å². The number of ether oxygens (including phenoxy) is 1. The maximum atomic E-state index is 11.6. The maximum absolute atomic E-state index is 11.6. The average molecular weight is 257 g/mol. The lowest BCUT2D eigenvalue weighted by Gasteiger charge is -2.29. The van der Waals surface area contributed by atoms with Gasteiger partial charge in [-0.1, -0.05) is 0 Å². The summed E-state index contributed by atoms with van der Waals surface area (Å²) in [6, 6.07) is 0.0256. The number of carbonyl (C=O) groups excluding carboxylic acids is 2. The standard InChI is InChI=1S/C12H23N3O3/c1-4-13-12(17)15-11(16)9(3)18-10-6-5-8(2)14-7-10/h8-10,14H,4-7H2,1-3H3,(H2,13,15,16,17). The van der Waals surface area contributed by atoms with E-state index < -0.39 is 18.0 Å². The second kappa shape index (κ2) is 7.33. The predicted octanol–water partition coefficient (Wildman–Crippen LogP) is 0.378. The van der Waals surface area contributed by atoms with Gasteiger partial charge in [0.2, 0.25) is 0 Å². The minimum absolute atomic E-state index is 0.0381. The van der Waals surface area contributed by atoms with Crippen LogP contribution in [0.15, 0.2) is 0 Å². The van der Waals surface area contributed by atoms with Crippen molar-refractivity contribution in [3.63, 3.8) is 0 Å². The summed E-state index contributed by atoms with van der Waals surface area (Å²) in [6.07, 6.45) is 1.39. The number of hydrogen-bond acceptors (Lipinski definition) is 4. The van der Waals surface area contributed by atoms with Crippen molar-refractivity contribution in [2.24, 2.45) is 0 Å². The number of urea groups is 1. The van der Waals surface area contributed by atoms with Crippen molar-refractivity contribution in [1.29, 1.82) is 0 Å². The Morgan fingerprint density at radius 3 is 2.72 bits per heavy atom. The molecule has 1 aliphatic heterocycles. The highest BCUT2D eigenvalue weighted by molar-refractivity contribution is 5.96. The topological polar surface area (TPSA) is 79.5 Å². The van der Waals surface area contributed by atoms with Crippen LogP contribution in [0.2, 0.25) is 0 Å². The van der Waals surface area contributed by atoms with Crippen molar-refractivity contribution in [3.8, 4) is 0 Å². The van der Waals surface area contributed by atoms with E-state index in [0.29, 0.717) is 12.6 Å². The first-order valence-corrected chi connectivity index (χ1v) is 6.50. The first-order chi connectivity index (χ1) is 8.52. The zero-order chi connectivity index (χ0) is 13.5. The first-order valence-electron chi connectivity index (χ1n) is 6.50. The predicted molar refractivity (Wildman–Crippen MR) is 68.2 cm³/mol. The summed E-state index contributed by atoms with van der Waals surface area (Å²) >= 11 is 0. The molecule has 6 heteroatoms. The van der Waals surface area contributed by atoms with Gasteiger partial charge in [0.1, 0.15) is 6.10 Å². The molecule has 3 amide bonds. The largest absolute Gasteiger partial charge is 0.364 e. The number of imide groups is 1. The number of hydrogen-bond donors (Lipinski definition) is 3. The normalized spacial score (nSPS) is 25.3. The summed E-state index contributed by atoms with van der Waals surface area (Å²) in [5, 5.41) is 8.05. The van der Waals surface area contributed by atoms with Crippen molar-refractivity contribution in [2.45, 2.75) is 51.9 Å². The number of nitrogens with one attached hydrogen (secondary N) is 3. The van der Waals surface area contributed by atoms with E-state index in [0.717, 1.165) is 19.4 Å². The summed E-state index contributed by atoms with van der Waals surface area (Å²) in [7, 11) is 0. The first kappa shape index (κ1) is 14.9. The Hall–Kier alpha value is -1.14. The van der Waals surface area contributed by atoms with E-state index in [4.69, 9.17) is 4.74 Å². The Morgan fingerprint density at radius 2 is 2.17 bits per heavy atom. The molecule has 1 heterocycles. The third-order valence-corrected chi connectivity index (χ3v) is 2.96. The molecule has 0 spiro atoms. The van der Waals surface area contributed by atoms with Gasteiger partial charge in [0.15, 0.2) is 0 Å². The van der Waals surface area contributed by atoms with Crippen LogP contribution in [0, 0.1) is 0 Å². The van der Waals surface area contributed by atoms with E-state index in [1.165, 1.54) is 0 Å². The quantitative estimate of drug-likeness (QED) is 0.680. The Balaban J connectivity index is 2.29. The van der Waals surface area contributed by atoms with Crippen molar-refractivity contribution >= 4 is 11.9 Å². The molecule has 0 radical (unpaired) electrons. The summed E-state index contributed by atoms with van der Waals surface area (Å²) in [4.78, 5) is 22.8. The molecule has 0 saturated carbocycles. The molecule has 18 heavy (non-hydrogen) atoms. The molecule has 0 aromatic rings. The van der Waals surface area contributed by atoms with Crippen LogP contribution >= 0.6 is 0 Å². The molecule has 3 N–H and O–H groups in total. The fraction of sp³-hybridized carbons (Fsp3) is 0.833. The number of amides is 3. The Morgan fingerprint density at radius 1 is 1.44 bits per heavy atom. The summed E-state index contributed by atoms with van der Waals surface area (Å²) in [5.74, 6) is -0.403. The van der Waals surface area contributed by atoms with Gasteiger partial charge in [0.05, 0.1) is 6.10 Å². The average Bonchev–Trinajstić information content (AvgIpc) is 2.32. The summed E-state index contributed by atoms with van der Waals surface area (Å²) in [5.41, 5.74) is 0. The third-order valence-electron chi connectivity index (χ3n) is 2.96. The van der Waals surface area contributed by atoms with Crippen LogP contribution in [0.4, 0.5) is 4.79 Å². The SMILES string of the molecule is CCNC(=O)NC(=O)C(C)OC1CCC(C)NC1. The van der Waals surface area contributed by atoms with Gasteiger partial charge >= 0.3 is 6.03 Å². The fourth-order valence-electron chi connectivity index (χ4n) is 1.86. The molecule has 1 aliphatic rings.